The van der Waals surface area contributed by atoms with Crippen LogP contribution in [0.1, 0.15) is 30.4 Å². The van der Waals surface area contributed by atoms with Crippen molar-refractivity contribution in [3.63, 3.8) is 0 Å². The maximum Gasteiger partial charge on any atom is 0.243 e. The molecule has 122 valence electrons. The molecular formula is C16H24N2O3S. The summed E-state index contributed by atoms with van der Waals surface area (Å²) in [5.41, 5.74) is 1.60. The Morgan fingerprint density at radius 2 is 1.86 bits per heavy atom. The molecule has 3 rings (SSSR count). The van der Waals surface area contributed by atoms with Gasteiger partial charge in [-0.25, -0.2) is 8.42 Å². The predicted octanol–water partition coefficient (Wildman–Crippen LogP) is 1.83. The number of fused-ring (bicyclic) bond motifs is 2. The summed E-state index contributed by atoms with van der Waals surface area (Å²) >= 11 is 0. The minimum absolute atomic E-state index is 0.0827. The zero-order valence-corrected chi connectivity index (χ0v) is 14.2. The molecule has 2 atom stereocenters. The van der Waals surface area contributed by atoms with E-state index in [1.54, 1.807) is 17.5 Å². The maximum absolute atomic E-state index is 13.2. The molecule has 1 N–H and O–H groups in total. The van der Waals surface area contributed by atoms with Gasteiger partial charge in [-0.05, 0) is 62.9 Å². The molecule has 2 aliphatic heterocycles. The molecule has 22 heavy (non-hydrogen) atoms. The summed E-state index contributed by atoms with van der Waals surface area (Å²) < 4.78 is 33.5. The Hall–Kier alpha value is -1.11. The van der Waals surface area contributed by atoms with Crippen LogP contribution in [0.4, 0.5) is 0 Å². The molecular weight excluding hydrogens is 300 g/mol. The lowest BCUT2D eigenvalue weighted by Gasteiger charge is -2.28. The van der Waals surface area contributed by atoms with Crippen LogP contribution in [0.25, 0.3) is 0 Å². The molecule has 5 nitrogen and oxygen atoms in total. The first kappa shape index (κ1) is 15.8. The first-order valence-corrected chi connectivity index (χ1v) is 9.28. The zero-order chi connectivity index (χ0) is 15.9. The van der Waals surface area contributed by atoms with Gasteiger partial charge in [0.2, 0.25) is 10.0 Å². The van der Waals surface area contributed by atoms with Crippen LogP contribution in [0, 0.1) is 13.8 Å². The number of nitrogens with one attached hydrogen (secondary N) is 1. The molecule has 0 saturated carbocycles. The number of rotatable bonds is 3. The summed E-state index contributed by atoms with van der Waals surface area (Å²) in [7, 11) is -1.85. The molecule has 2 aliphatic rings. The van der Waals surface area contributed by atoms with E-state index in [0.29, 0.717) is 4.90 Å². The number of aryl methyl sites for hydroxylation is 2. The Balaban J connectivity index is 2.05. The van der Waals surface area contributed by atoms with E-state index in [4.69, 9.17) is 4.74 Å². The first-order chi connectivity index (χ1) is 10.4. The number of hydrogen-bond donors (Lipinski definition) is 1. The van der Waals surface area contributed by atoms with Crippen molar-refractivity contribution in [2.24, 2.45) is 0 Å². The number of sulfonamides is 1. The third kappa shape index (κ3) is 2.53. The number of ether oxygens (including phenoxy) is 1. The fourth-order valence-electron chi connectivity index (χ4n) is 3.71. The van der Waals surface area contributed by atoms with Crippen molar-refractivity contribution in [3.05, 3.63) is 23.3 Å². The van der Waals surface area contributed by atoms with Crippen molar-refractivity contribution in [3.8, 4) is 5.75 Å². The largest absolute Gasteiger partial charge is 0.496 e. The molecule has 2 saturated heterocycles. The Kier molecular flexibility index (Phi) is 4.18. The Morgan fingerprint density at radius 1 is 1.14 bits per heavy atom. The van der Waals surface area contributed by atoms with Crippen molar-refractivity contribution in [1.82, 2.24) is 9.62 Å². The zero-order valence-electron chi connectivity index (χ0n) is 13.4. The van der Waals surface area contributed by atoms with Gasteiger partial charge in [-0.3, -0.25) is 0 Å². The van der Waals surface area contributed by atoms with Crippen LogP contribution in [-0.2, 0) is 10.0 Å². The van der Waals surface area contributed by atoms with Gasteiger partial charge in [0.25, 0.3) is 0 Å². The molecule has 2 heterocycles. The van der Waals surface area contributed by atoms with Gasteiger partial charge in [-0.1, -0.05) is 0 Å². The quantitative estimate of drug-likeness (QED) is 0.921. The predicted molar refractivity (Wildman–Crippen MR) is 85.8 cm³/mol. The minimum atomic E-state index is -3.46. The van der Waals surface area contributed by atoms with Crippen LogP contribution in [0.5, 0.6) is 5.75 Å². The van der Waals surface area contributed by atoms with Gasteiger partial charge < -0.3 is 10.1 Å². The van der Waals surface area contributed by atoms with Gasteiger partial charge in [-0.15, -0.1) is 0 Å². The molecule has 0 aliphatic carbocycles. The molecule has 0 amide bonds. The van der Waals surface area contributed by atoms with Crippen molar-refractivity contribution in [2.45, 2.75) is 50.1 Å². The summed E-state index contributed by atoms with van der Waals surface area (Å²) in [5.74, 6) is 0.733. The van der Waals surface area contributed by atoms with Crippen molar-refractivity contribution < 1.29 is 13.2 Å². The minimum Gasteiger partial charge on any atom is -0.496 e. The van der Waals surface area contributed by atoms with E-state index in [-0.39, 0.29) is 12.1 Å². The molecule has 1 aromatic rings. The highest BCUT2D eigenvalue weighted by Crippen LogP contribution is 2.36. The van der Waals surface area contributed by atoms with Crippen molar-refractivity contribution >= 4 is 10.0 Å². The molecule has 2 fully saturated rings. The van der Waals surface area contributed by atoms with E-state index in [0.717, 1.165) is 49.2 Å². The number of benzene rings is 1. The summed E-state index contributed by atoms with van der Waals surface area (Å²) in [6.07, 6.45) is 2.81. The highest BCUT2D eigenvalue weighted by molar-refractivity contribution is 7.89. The fraction of sp³-hybridized carbons (Fsp3) is 0.625. The summed E-state index contributed by atoms with van der Waals surface area (Å²) in [6, 6.07) is 3.78. The average Bonchev–Trinajstić information content (AvgIpc) is 2.74. The Labute approximate surface area is 132 Å². The van der Waals surface area contributed by atoms with Gasteiger partial charge in [-0.2, -0.15) is 4.31 Å². The van der Waals surface area contributed by atoms with E-state index in [2.05, 4.69) is 5.32 Å². The Morgan fingerprint density at radius 3 is 2.59 bits per heavy atom. The second kappa shape index (κ2) is 5.83. The second-order valence-electron chi connectivity index (χ2n) is 6.30. The molecule has 0 spiro atoms. The van der Waals surface area contributed by atoms with Crippen molar-refractivity contribution in [1.29, 1.82) is 0 Å². The monoisotopic (exact) mass is 324 g/mol. The summed E-state index contributed by atoms with van der Waals surface area (Å²) in [4.78, 5) is 0.421. The maximum atomic E-state index is 13.2. The summed E-state index contributed by atoms with van der Waals surface area (Å²) in [5, 5.41) is 3.35. The molecule has 2 unspecified atom stereocenters. The summed E-state index contributed by atoms with van der Waals surface area (Å²) in [6.45, 7) is 5.38. The molecule has 2 bridgehead atoms. The van der Waals surface area contributed by atoms with Crippen LogP contribution in [0.15, 0.2) is 17.0 Å². The van der Waals surface area contributed by atoms with E-state index < -0.39 is 10.0 Å². The SMILES string of the molecule is COc1cc(C)c(S(=O)(=O)N2C3CCNCC2CC3)cc1C. The van der Waals surface area contributed by atoms with Crippen molar-refractivity contribution in [2.75, 3.05) is 20.2 Å². The molecule has 0 radical (unpaired) electrons. The van der Waals surface area contributed by atoms with Gasteiger partial charge in [0.15, 0.2) is 0 Å². The first-order valence-electron chi connectivity index (χ1n) is 7.84. The number of nitrogens with zero attached hydrogens (tertiary/aromatic N) is 1. The smallest absolute Gasteiger partial charge is 0.243 e. The van der Waals surface area contributed by atoms with E-state index >= 15 is 0 Å². The lowest BCUT2D eigenvalue weighted by molar-refractivity contribution is 0.334. The van der Waals surface area contributed by atoms with Gasteiger partial charge in [0.05, 0.1) is 12.0 Å². The average molecular weight is 324 g/mol. The molecule has 1 aromatic carbocycles. The lowest BCUT2D eigenvalue weighted by Crippen LogP contribution is -2.42. The van der Waals surface area contributed by atoms with Crippen LogP contribution in [0.3, 0.4) is 0 Å². The van der Waals surface area contributed by atoms with Crippen LogP contribution < -0.4 is 10.1 Å². The fourth-order valence-corrected chi connectivity index (χ4v) is 5.90. The number of methoxy groups -OCH3 is 1. The normalized spacial score (nSPS) is 26.0. The van der Waals surface area contributed by atoms with E-state index in [9.17, 15) is 8.42 Å². The van der Waals surface area contributed by atoms with Crippen LogP contribution in [-0.4, -0.2) is 45.0 Å². The van der Waals surface area contributed by atoms with Gasteiger partial charge in [0.1, 0.15) is 5.75 Å². The van der Waals surface area contributed by atoms with Gasteiger partial charge >= 0.3 is 0 Å². The lowest BCUT2D eigenvalue weighted by atomic mass is 10.1. The highest BCUT2D eigenvalue weighted by Gasteiger charge is 2.43. The van der Waals surface area contributed by atoms with Gasteiger partial charge in [0, 0.05) is 18.6 Å². The number of hydrogen-bond acceptors (Lipinski definition) is 4. The Bertz CT molecular complexity index is 658. The highest BCUT2D eigenvalue weighted by atomic mass is 32.2. The topological polar surface area (TPSA) is 58.6 Å². The molecule has 6 heteroatoms. The second-order valence-corrected chi connectivity index (χ2v) is 8.11. The third-order valence-electron chi connectivity index (χ3n) is 4.84. The van der Waals surface area contributed by atoms with Crippen LogP contribution >= 0.6 is 0 Å². The van der Waals surface area contributed by atoms with E-state index in [1.807, 2.05) is 19.9 Å². The molecule has 0 aromatic heterocycles. The standard InChI is InChI=1S/C16H24N2O3S/c1-11-9-16(12(2)8-15(11)21-3)22(19,20)18-13-4-5-14(18)10-17-7-6-13/h8-9,13-14,17H,4-7,10H2,1-3H3. The third-order valence-corrected chi connectivity index (χ3v) is 6.98. The van der Waals surface area contributed by atoms with E-state index in [1.165, 1.54) is 0 Å². The van der Waals surface area contributed by atoms with Crippen LogP contribution in [0.2, 0.25) is 0 Å².